The first kappa shape index (κ1) is 22.2. The van der Waals surface area contributed by atoms with Gasteiger partial charge in [0.25, 0.3) is 0 Å². The summed E-state index contributed by atoms with van der Waals surface area (Å²) < 4.78 is 20.6. The van der Waals surface area contributed by atoms with Gasteiger partial charge in [-0.15, -0.1) is 0 Å². The van der Waals surface area contributed by atoms with Gasteiger partial charge in [0.15, 0.2) is 0 Å². The van der Waals surface area contributed by atoms with E-state index in [0.29, 0.717) is 4.73 Å². The molecule has 0 N–H and O–H groups in total. The monoisotopic (exact) mass is 460 g/mol. The van der Waals surface area contributed by atoms with Gasteiger partial charge in [-0.25, -0.2) is 0 Å². The molecule has 3 nitrogen and oxygen atoms in total. The Hall–Kier alpha value is -3.01. The zero-order valence-electron chi connectivity index (χ0n) is 18.7. The second-order valence-corrected chi connectivity index (χ2v) is 11.7. The zero-order valence-corrected chi connectivity index (χ0v) is 20.3. The minimum atomic E-state index is -3.98. The fraction of sp³-hybridized carbons (Fsp3) is 0.143. The Morgan fingerprint density at radius 1 is 0.469 bits per heavy atom. The summed E-state index contributed by atoms with van der Waals surface area (Å²) in [4.78, 5) is 0. The molecule has 4 aromatic rings. The fourth-order valence-corrected chi connectivity index (χ4v) is 7.38. The molecule has 0 aromatic heterocycles. The van der Waals surface area contributed by atoms with Gasteiger partial charge in [-0.1, -0.05) is 0 Å². The maximum atomic E-state index is 6.67. The average molecular weight is 460 g/mol. The third-order valence-corrected chi connectivity index (χ3v) is 9.02. The van der Waals surface area contributed by atoms with E-state index in [4.69, 9.17) is 9.96 Å². The first-order chi connectivity index (χ1) is 15.5. The number of rotatable bonds is 8. The first-order valence-corrected chi connectivity index (χ1v) is 13.8. The van der Waals surface area contributed by atoms with Crippen LogP contribution < -0.4 is 9.96 Å². The minimum absolute atomic E-state index is 0.580. The molecule has 0 spiro atoms. The molecule has 0 bridgehead atoms. The van der Waals surface area contributed by atoms with Crippen LogP contribution in [0.1, 0.15) is 22.3 Å². The molecule has 0 aliphatic heterocycles. The van der Waals surface area contributed by atoms with E-state index in [9.17, 15) is 0 Å². The van der Waals surface area contributed by atoms with Crippen LogP contribution in [0.4, 0.5) is 0 Å². The Morgan fingerprint density at radius 3 is 1.16 bits per heavy atom. The number of hydrogen-bond donors (Lipinski definition) is 0. The Bertz CT molecular complexity index is 1010. The van der Waals surface area contributed by atoms with Gasteiger partial charge in [0.2, 0.25) is 0 Å². The van der Waals surface area contributed by atoms with E-state index < -0.39 is 17.8 Å². The van der Waals surface area contributed by atoms with Gasteiger partial charge < -0.3 is 0 Å². The summed E-state index contributed by atoms with van der Waals surface area (Å²) in [5, 5.41) is 0. The average Bonchev–Trinajstić information content (AvgIpc) is 2.79. The molecule has 4 aromatic carbocycles. The molecule has 4 heteroatoms. The van der Waals surface area contributed by atoms with E-state index in [1.165, 1.54) is 16.7 Å². The summed E-state index contributed by atoms with van der Waals surface area (Å²) in [7, 11) is 0. The summed E-state index contributed by atoms with van der Waals surface area (Å²) in [6.45, 7) is 6.19. The van der Waals surface area contributed by atoms with Gasteiger partial charge in [0.1, 0.15) is 0 Å². The third kappa shape index (κ3) is 6.03. The van der Waals surface area contributed by atoms with Gasteiger partial charge in [-0.05, 0) is 0 Å². The predicted molar refractivity (Wildman–Crippen MR) is 126 cm³/mol. The molecule has 0 unspecified atom stereocenters. The summed E-state index contributed by atoms with van der Waals surface area (Å²) in [5.41, 5.74) is 4.66. The van der Waals surface area contributed by atoms with Crippen LogP contribution in [0.25, 0.3) is 0 Å². The molecule has 0 radical (unpaired) electrons. The molecule has 0 aliphatic rings. The van der Waals surface area contributed by atoms with E-state index in [1.54, 1.807) is 0 Å². The summed E-state index contributed by atoms with van der Waals surface area (Å²) >= 11 is -3.98. The Labute approximate surface area is 195 Å². The molecule has 0 aliphatic carbocycles. The fourth-order valence-electron chi connectivity index (χ4n) is 3.37. The van der Waals surface area contributed by atoms with Crippen molar-refractivity contribution in [2.24, 2.45) is 0 Å². The van der Waals surface area contributed by atoms with Crippen LogP contribution in [-0.2, 0) is 22.5 Å². The van der Waals surface area contributed by atoms with E-state index in [0.717, 1.165) is 22.8 Å². The molecule has 4 rings (SSSR count). The molecule has 162 valence electrons. The van der Waals surface area contributed by atoms with Crippen molar-refractivity contribution in [3.05, 3.63) is 125 Å². The first-order valence-electron chi connectivity index (χ1n) is 10.8. The van der Waals surface area contributed by atoms with Crippen molar-refractivity contribution in [1.29, 1.82) is 0 Å². The van der Waals surface area contributed by atoms with Gasteiger partial charge in [-0.3, -0.25) is 0 Å². The molecule has 32 heavy (non-hydrogen) atoms. The van der Waals surface area contributed by atoms with Crippen molar-refractivity contribution in [2.45, 2.75) is 25.5 Å². The molecule has 0 saturated carbocycles. The van der Waals surface area contributed by atoms with Crippen LogP contribution in [0.2, 0.25) is 0 Å². The van der Waals surface area contributed by atoms with Gasteiger partial charge in [0.05, 0.1) is 0 Å². The molecular formula is C28H28O3Ti. The van der Waals surface area contributed by atoms with E-state index in [1.807, 2.05) is 91.0 Å². The predicted octanol–water partition coefficient (Wildman–Crippen LogP) is 7.25. The molecular weight excluding hydrogens is 432 g/mol. The van der Waals surface area contributed by atoms with Gasteiger partial charge >= 0.3 is 196 Å². The van der Waals surface area contributed by atoms with Crippen molar-refractivity contribution >= 4 is 0 Å². The zero-order chi connectivity index (χ0) is 22.4. The number of aryl methyl sites for hydroxylation is 3. The van der Waals surface area contributed by atoms with E-state index >= 15 is 0 Å². The van der Waals surface area contributed by atoms with Crippen LogP contribution in [0.3, 0.4) is 0 Å². The van der Waals surface area contributed by atoms with Crippen molar-refractivity contribution in [2.75, 3.05) is 0 Å². The standard InChI is InChI=1S/3C7H8O.C7H7.Ti/c3*1-6-2-4-7(8)5-3-6;1-7-5-3-2-4-6-7;/h3*2-5,8H,1H3;2-6H,1H2;/q;;;;+3/p-3. The maximum absolute atomic E-state index is 6.67. The SMILES string of the molecule is Cc1ccc([O][Ti]([CH2]c2ccccc2)([O]c2ccc(C)cc2)[O]c2ccc(C)cc2)cc1. The van der Waals surface area contributed by atoms with Crippen molar-refractivity contribution in [3.8, 4) is 17.2 Å². The molecule has 0 fully saturated rings. The van der Waals surface area contributed by atoms with E-state index in [-0.39, 0.29) is 0 Å². The number of hydrogen-bond acceptors (Lipinski definition) is 3. The Morgan fingerprint density at radius 2 is 0.812 bits per heavy atom. The quantitative estimate of drug-likeness (QED) is 0.259. The van der Waals surface area contributed by atoms with E-state index in [2.05, 4.69) is 32.9 Å². The van der Waals surface area contributed by atoms with Crippen LogP contribution in [0, 0.1) is 20.8 Å². The second kappa shape index (κ2) is 10.1. The normalized spacial score (nSPS) is 11.1. The summed E-state index contributed by atoms with van der Waals surface area (Å²) in [6.07, 6.45) is 0. The Balaban J connectivity index is 1.76. The van der Waals surface area contributed by atoms with Gasteiger partial charge in [-0.2, -0.15) is 0 Å². The van der Waals surface area contributed by atoms with Crippen LogP contribution in [0.5, 0.6) is 17.2 Å². The van der Waals surface area contributed by atoms with Crippen LogP contribution >= 0.6 is 0 Å². The van der Waals surface area contributed by atoms with Gasteiger partial charge in [0, 0.05) is 0 Å². The third-order valence-electron chi connectivity index (χ3n) is 5.15. The van der Waals surface area contributed by atoms with Crippen LogP contribution in [0.15, 0.2) is 103 Å². The topological polar surface area (TPSA) is 27.7 Å². The van der Waals surface area contributed by atoms with Crippen LogP contribution in [-0.4, -0.2) is 0 Å². The molecule has 0 amide bonds. The van der Waals surface area contributed by atoms with Crippen molar-refractivity contribution in [3.63, 3.8) is 0 Å². The second-order valence-electron chi connectivity index (χ2n) is 8.09. The Kier molecular flexibility index (Phi) is 6.99. The number of benzene rings is 4. The molecule has 0 saturated heterocycles. The summed E-state index contributed by atoms with van der Waals surface area (Å²) in [5.74, 6) is 2.27. The van der Waals surface area contributed by atoms with Crippen molar-refractivity contribution < 1.29 is 27.7 Å². The molecule has 0 atom stereocenters. The molecule has 0 heterocycles. The van der Waals surface area contributed by atoms with Crippen molar-refractivity contribution in [1.82, 2.24) is 0 Å². The summed E-state index contributed by atoms with van der Waals surface area (Å²) in [6, 6.07) is 34.4.